The fourth-order valence-corrected chi connectivity index (χ4v) is 7.91. The van der Waals surface area contributed by atoms with E-state index in [2.05, 4.69) is 29.2 Å². The molecule has 5 heteroatoms. The Kier molecular flexibility index (Phi) is 4.64. The molecular formula is C33H31NO4. The highest BCUT2D eigenvalue weighted by Crippen LogP contribution is 2.65. The van der Waals surface area contributed by atoms with Gasteiger partial charge in [0.15, 0.2) is 23.4 Å². The average Bonchev–Trinajstić information content (AvgIpc) is 3.67. The lowest BCUT2D eigenvalue weighted by molar-refractivity contribution is -0.179. The Hall–Kier alpha value is -3.41. The molecule has 3 unspecified atom stereocenters. The molecule has 2 saturated carbocycles. The van der Waals surface area contributed by atoms with Crippen molar-refractivity contribution >= 4 is 11.9 Å². The maximum atomic E-state index is 14.1. The lowest BCUT2D eigenvalue weighted by Gasteiger charge is -2.62. The number of carbonyl (C=O) groups excluding carboxylic acids is 1. The second kappa shape index (κ2) is 7.81. The Morgan fingerprint density at radius 1 is 1.00 bits per heavy atom. The van der Waals surface area contributed by atoms with E-state index in [1.165, 1.54) is 12.8 Å². The second-order valence-electron chi connectivity index (χ2n) is 11.9. The Balaban J connectivity index is 1.22. The van der Waals surface area contributed by atoms with Gasteiger partial charge in [-0.15, -0.1) is 0 Å². The summed E-state index contributed by atoms with van der Waals surface area (Å²) in [6, 6.07) is 22.0. The van der Waals surface area contributed by atoms with Gasteiger partial charge in [-0.3, -0.25) is 9.69 Å². The number of rotatable bonds is 4. The zero-order chi connectivity index (χ0) is 25.6. The van der Waals surface area contributed by atoms with Gasteiger partial charge in [-0.05, 0) is 72.5 Å². The number of phenolic OH excluding ortho intramolecular Hbond substituents is 1. The number of nitrogens with zero attached hydrogens (tertiary/aromatic N) is 1. The van der Waals surface area contributed by atoms with Crippen LogP contribution in [-0.4, -0.2) is 51.7 Å². The number of ether oxygens (including phenoxy) is 1. The second-order valence-corrected chi connectivity index (χ2v) is 11.9. The van der Waals surface area contributed by atoms with E-state index in [1.807, 2.05) is 42.5 Å². The third-order valence-corrected chi connectivity index (χ3v) is 9.89. The van der Waals surface area contributed by atoms with Crippen LogP contribution < -0.4 is 4.74 Å². The van der Waals surface area contributed by atoms with E-state index in [0.717, 1.165) is 40.9 Å². The number of aliphatic hydroxyl groups is 1. The van der Waals surface area contributed by atoms with Crippen LogP contribution in [0, 0.1) is 5.92 Å². The van der Waals surface area contributed by atoms with Crippen LogP contribution in [0.1, 0.15) is 42.4 Å². The van der Waals surface area contributed by atoms with E-state index >= 15 is 0 Å². The zero-order valence-electron chi connectivity index (χ0n) is 21.3. The first-order valence-corrected chi connectivity index (χ1v) is 13.9. The van der Waals surface area contributed by atoms with Gasteiger partial charge in [0.25, 0.3) is 0 Å². The summed E-state index contributed by atoms with van der Waals surface area (Å²) in [4.78, 5) is 16.5. The molecule has 5 nitrogen and oxygen atoms in total. The molecule has 38 heavy (non-hydrogen) atoms. The van der Waals surface area contributed by atoms with Crippen LogP contribution in [-0.2, 0) is 16.6 Å². The molecule has 2 bridgehead atoms. The van der Waals surface area contributed by atoms with E-state index in [4.69, 9.17) is 4.74 Å². The normalized spacial score (nSPS) is 32.2. The van der Waals surface area contributed by atoms with Gasteiger partial charge in [-0.2, -0.15) is 0 Å². The summed E-state index contributed by atoms with van der Waals surface area (Å²) >= 11 is 0. The molecule has 5 aliphatic rings. The van der Waals surface area contributed by atoms with Crippen LogP contribution in [0.2, 0.25) is 0 Å². The molecule has 2 heterocycles. The van der Waals surface area contributed by atoms with E-state index < -0.39 is 17.1 Å². The smallest absolute Gasteiger partial charge is 0.200 e. The number of benzene rings is 3. The van der Waals surface area contributed by atoms with Gasteiger partial charge < -0.3 is 14.9 Å². The molecule has 3 aromatic carbocycles. The third-order valence-electron chi connectivity index (χ3n) is 9.89. The first-order chi connectivity index (χ1) is 18.5. The quantitative estimate of drug-likeness (QED) is 0.495. The van der Waals surface area contributed by atoms with Crippen molar-refractivity contribution in [3.05, 3.63) is 89.0 Å². The summed E-state index contributed by atoms with van der Waals surface area (Å²) in [5, 5.41) is 23.5. The van der Waals surface area contributed by atoms with Crippen molar-refractivity contribution in [2.45, 2.75) is 55.3 Å². The summed E-state index contributed by atoms with van der Waals surface area (Å²) in [5.41, 5.74) is 3.84. The molecule has 8 rings (SSSR count). The summed E-state index contributed by atoms with van der Waals surface area (Å²) < 4.78 is 6.34. The molecule has 2 N–H and O–H groups in total. The highest BCUT2D eigenvalue weighted by Gasteiger charge is 2.74. The number of phenols is 1. The Bertz CT molecular complexity index is 1490. The molecule has 3 aromatic rings. The SMILES string of the molecule is O=C1/C(=C\c2ccc(-c3ccccc3)cc2)C[C@@]2(O)C3Cc4ccc(O)c5c4C2(CCN3CC2CC2)C1O5. The number of aromatic hydroxyl groups is 1. The lowest BCUT2D eigenvalue weighted by atomic mass is 9.48. The predicted molar refractivity (Wildman–Crippen MR) is 145 cm³/mol. The van der Waals surface area contributed by atoms with Crippen LogP contribution in [0.15, 0.2) is 72.3 Å². The van der Waals surface area contributed by atoms with Gasteiger partial charge in [0.05, 0.1) is 11.0 Å². The number of hydrogen-bond donors (Lipinski definition) is 2. The Morgan fingerprint density at radius 2 is 1.76 bits per heavy atom. The van der Waals surface area contributed by atoms with Gasteiger partial charge in [0.1, 0.15) is 0 Å². The molecule has 0 radical (unpaired) electrons. The minimum absolute atomic E-state index is 0.0589. The minimum atomic E-state index is -1.14. The first-order valence-electron chi connectivity index (χ1n) is 13.9. The highest BCUT2D eigenvalue weighted by atomic mass is 16.5. The molecule has 0 aromatic heterocycles. The number of ketones is 1. The number of Topliss-reactive ketones (excluding diaryl/α,β-unsaturated/α-hetero) is 1. The van der Waals surface area contributed by atoms with Crippen molar-refractivity contribution in [2.75, 3.05) is 13.1 Å². The average molecular weight is 506 g/mol. The third kappa shape index (κ3) is 2.97. The van der Waals surface area contributed by atoms with Gasteiger partial charge in [-0.1, -0.05) is 60.7 Å². The largest absolute Gasteiger partial charge is 0.504 e. The molecule has 3 aliphatic carbocycles. The van der Waals surface area contributed by atoms with Gasteiger partial charge in [0.2, 0.25) is 0 Å². The summed E-state index contributed by atoms with van der Waals surface area (Å²) in [6.07, 6.45) is 5.30. The first kappa shape index (κ1) is 22.6. The predicted octanol–water partition coefficient (Wildman–Crippen LogP) is 4.89. The summed E-state index contributed by atoms with van der Waals surface area (Å²) in [7, 11) is 0. The Morgan fingerprint density at radius 3 is 2.53 bits per heavy atom. The molecule has 192 valence electrons. The van der Waals surface area contributed by atoms with Gasteiger partial charge in [0, 0.05) is 30.1 Å². The van der Waals surface area contributed by atoms with Crippen molar-refractivity contribution in [3.8, 4) is 22.6 Å². The number of carbonyl (C=O) groups is 1. The topological polar surface area (TPSA) is 70.0 Å². The van der Waals surface area contributed by atoms with E-state index in [9.17, 15) is 15.0 Å². The molecule has 4 atom stereocenters. The minimum Gasteiger partial charge on any atom is -0.504 e. The van der Waals surface area contributed by atoms with Crippen molar-refractivity contribution < 1.29 is 19.7 Å². The molecule has 1 spiro atoms. The number of hydrogen-bond acceptors (Lipinski definition) is 5. The van der Waals surface area contributed by atoms with Crippen LogP contribution >= 0.6 is 0 Å². The molecule has 0 amide bonds. The maximum Gasteiger partial charge on any atom is 0.200 e. The Labute approximate surface area is 222 Å². The van der Waals surface area contributed by atoms with Crippen LogP contribution in [0.5, 0.6) is 11.5 Å². The van der Waals surface area contributed by atoms with Crippen LogP contribution in [0.4, 0.5) is 0 Å². The molecule has 1 saturated heterocycles. The molecule has 3 fully saturated rings. The zero-order valence-corrected chi connectivity index (χ0v) is 21.3. The van der Waals surface area contributed by atoms with E-state index in [1.54, 1.807) is 6.07 Å². The van der Waals surface area contributed by atoms with Crippen molar-refractivity contribution in [1.82, 2.24) is 4.90 Å². The number of piperidine rings is 1. The standard InChI is InChI=1S/C33H31NO4/c35-26-13-12-24-17-27-33(37)18-25(16-20-8-10-23(11-9-20)22-4-2-1-3-5-22)29(36)31-32(33,28(24)30(26)38-31)14-15-34(27)19-21-6-7-21/h1-5,8-13,16,21,27,31,35,37H,6-7,14-15,17-19H2/b25-16-/t27?,31?,32?,33-/m1/s1. The lowest BCUT2D eigenvalue weighted by Crippen LogP contribution is -2.77. The van der Waals surface area contributed by atoms with Crippen molar-refractivity contribution in [3.63, 3.8) is 0 Å². The van der Waals surface area contributed by atoms with Crippen molar-refractivity contribution in [2.24, 2.45) is 5.92 Å². The summed E-state index contributed by atoms with van der Waals surface area (Å²) in [5.74, 6) is 1.11. The van der Waals surface area contributed by atoms with E-state index in [-0.39, 0.29) is 17.6 Å². The molecular weight excluding hydrogens is 474 g/mol. The maximum absolute atomic E-state index is 14.1. The van der Waals surface area contributed by atoms with E-state index in [0.29, 0.717) is 36.5 Å². The van der Waals surface area contributed by atoms with Gasteiger partial charge >= 0.3 is 0 Å². The monoisotopic (exact) mass is 505 g/mol. The van der Waals surface area contributed by atoms with Crippen molar-refractivity contribution in [1.29, 1.82) is 0 Å². The fraction of sp³-hybridized carbons (Fsp3) is 0.364. The fourth-order valence-electron chi connectivity index (χ4n) is 7.91. The van der Waals surface area contributed by atoms with Crippen LogP contribution in [0.25, 0.3) is 17.2 Å². The van der Waals surface area contributed by atoms with Crippen LogP contribution in [0.3, 0.4) is 0 Å². The number of likely N-dealkylation sites (tertiary alicyclic amines) is 1. The highest BCUT2D eigenvalue weighted by molar-refractivity contribution is 6.06. The molecule has 2 aliphatic heterocycles. The summed E-state index contributed by atoms with van der Waals surface area (Å²) in [6.45, 7) is 1.84. The van der Waals surface area contributed by atoms with Gasteiger partial charge in [-0.25, -0.2) is 0 Å².